The van der Waals surface area contributed by atoms with Gasteiger partial charge in [-0.15, -0.1) is 0 Å². The van der Waals surface area contributed by atoms with E-state index < -0.39 is 0 Å². The quantitative estimate of drug-likeness (QED) is 0.808. The molecule has 2 N–H and O–H groups in total. The van der Waals surface area contributed by atoms with Crippen LogP contribution in [0.15, 0.2) is 51.4 Å². The van der Waals surface area contributed by atoms with Gasteiger partial charge >= 0.3 is 0 Å². The van der Waals surface area contributed by atoms with Gasteiger partial charge in [0.2, 0.25) is 0 Å². The van der Waals surface area contributed by atoms with E-state index in [-0.39, 0.29) is 0 Å². The van der Waals surface area contributed by atoms with Gasteiger partial charge in [-0.05, 0) is 61.7 Å². The second-order valence-corrected chi connectivity index (χ2v) is 5.60. The van der Waals surface area contributed by atoms with Crippen LogP contribution < -0.4 is 10.5 Å². The van der Waals surface area contributed by atoms with E-state index in [9.17, 15) is 0 Å². The Morgan fingerprint density at radius 1 is 0.944 bits per heavy atom. The highest BCUT2D eigenvalue weighted by molar-refractivity contribution is 9.11. The number of ether oxygens (including phenoxy) is 1. The number of nitrogens with two attached hydrogens (primary N) is 1. The Balaban J connectivity index is 1.94. The zero-order chi connectivity index (χ0) is 13.0. The van der Waals surface area contributed by atoms with Crippen LogP contribution in [0.25, 0.3) is 0 Å². The van der Waals surface area contributed by atoms with E-state index in [1.165, 1.54) is 5.56 Å². The number of halogens is 2. The molecule has 18 heavy (non-hydrogen) atoms. The molecule has 0 bridgehead atoms. The van der Waals surface area contributed by atoms with E-state index in [1.807, 2.05) is 42.5 Å². The first kappa shape index (κ1) is 13.4. The van der Waals surface area contributed by atoms with Crippen molar-refractivity contribution >= 4 is 37.5 Å². The molecule has 2 rings (SSSR count). The van der Waals surface area contributed by atoms with Gasteiger partial charge < -0.3 is 10.5 Å². The minimum absolute atomic E-state index is 0.630. The normalized spacial score (nSPS) is 10.3. The highest BCUT2D eigenvalue weighted by atomic mass is 79.9. The average molecular weight is 371 g/mol. The SMILES string of the molecule is Nc1ccc(CCOc2c(Br)cccc2Br)cc1. The third kappa shape index (κ3) is 3.50. The summed E-state index contributed by atoms with van der Waals surface area (Å²) < 4.78 is 7.68. The minimum Gasteiger partial charge on any atom is -0.491 e. The Bertz CT molecular complexity index is 506. The summed E-state index contributed by atoms with van der Waals surface area (Å²) in [4.78, 5) is 0. The smallest absolute Gasteiger partial charge is 0.147 e. The molecule has 0 saturated carbocycles. The first-order valence-corrected chi connectivity index (χ1v) is 7.16. The molecule has 0 aliphatic carbocycles. The summed E-state index contributed by atoms with van der Waals surface area (Å²) >= 11 is 6.94. The molecule has 0 aromatic heterocycles. The van der Waals surface area contributed by atoms with Crippen molar-refractivity contribution in [3.05, 3.63) is 57.0 Å². The van der Waals surface area contributed by atoms with Crippen LogP contribution in [-0.4, -0.2) is 6.61 Å². The molecule has 0 unspecified atom stereocenters. The molecule has 0 spiro atoms. The second-order valence-electron chi connectivity index (χ2n) is 3.89. The number of benzene rings is 2. The van der Waals surface area contributed by atoms with Gasteiger partial charge in [0.25, 0.3) is 0 Å². The van der Waals surface area contributed by atoms with Gasteiger partial charge in [-0.3, -0.25) is 0 Å². The third-order valence-corrected chi connectivity index (χ3v) is 3.78. The molecule has 0 amide bonds. The van der Waals surface area contributed by atoms with Gasteiger partial charge in [-0.25, -0.2) is 0 Å². The predicted octanol–water partition coefficient (Wildman–Crippen LogP) is 4.42. The number of hydrogen-bond acceptors (Lipinski definition) is 2. The predicted molar refractivity (Wildman–Crippen MR) is 81.9 cm³/mol. The molecule has 2 aromatic rings. The molecule has 0 aliphatic rings. The molecule has 0 radical (unpaired) electrons. The Morgan fingerprint density at radius 2 is 1.56 bits per heavy atom. The minimum atomic E-state index is 0.630. The van der Waals surface area contributed by atoms with Crippen LogP contribution in [0.5, 0.6) is 5.75 Å². The molecule has 0 saturated heterocycles. The summed E-state index contributed by atoms with van der Waals surface area (Å²) in [5.74, 6) is 0.841. The summed E-state index contributed by atoms with van der Waals surface area (Å²) in [6, 6.07) is 13.7. The lowest BCUT2D eigenvalue weighted by molar-refractivity contribution is 0.318. The van der Waals surface area contributed by atoms with E-state index in [0.29, 0.717) is 6.61 Å². The van der Waals surface area contributed by atoms with E-state index in [4.69, 9.17) is 10.5 Å². The van der Waals surface area contributed by atoms with Gasteiger partial charge in [-0.2, -0.15) is 0 Å². The van der Waals surface area contributed by atoms with Crippen molar-refractivity contribution in [3.63, 3.8) is 0 Å². The summed E-state index contributed by atoms with van der Waals surface area (Å²) in [5, 5.41) is 0. The summed E-state index contributed by atoms with van der Waals surface area (Å²) in [7, 11) is 0. The fraction of sp³-hybridized carbons (Fsp3) is 0.143. The van der Waals surface area contributed by atoms with Crippen LogP contribution in [0, 0.1) is 0 Å². The van der Waals surface area contributed by atoms with Crippen LogP contribution in [0.1, 0.15) is 5.56 Å². The van der Waals surface area contributed by atoms with E-state index in [1.54, 1.807) is 0 Å². The molecule has 0 fully saturated rings. The fourth-order valence-corrected chi connectivity index (χ4v) is 2.80. The Labute approximate surface area is 123 Å². The molecular formula is C14H13Br2NO. The van der Waals surface area contributed by atoms with Gasteiger partial charge in [0.05, 0.1) is 15.6 Å². The maximum Gasteiger partial charge on any atom is 0.147 e. The van der Waals surface area contributed by atoms with Crippen molar-refractivity contribution < 1.29 is 4.74 Å². The van der Waals surface area contributed by atoms with E-state index >= 15 is 0 Å². The number of rotatable bonds is 4. The lowest BCUT2D eigenvalue weighted by Crippen LogP contribution is -2.02. The van der Waals surface area contributed by atoms with Crippen molar-refractivity contribution in [3.8, 4) is 5.75 Å². The van der Waals surface area contributed by atoms with Crippen molar-refractivity contribution in [1.29, 1.82) is 0 Å². The van der Waals surface area contributed by atoms with Gasteiger partial charge in [0, 0.05) is 12.1 Å². The standard InChI is InChI=1S/C14H13Br2NO/c15-12-2-1-3-13(16)14(12)18-9-8-10-4-6-11(17)7-5-10/h1-7H,8-9,17H2. The molecule has 0 aliphatic heterocycles. The lowest BCUT2D eigenvalue weighted by atomic mass is 10.1. The Kier molecular flexibility index (Phi) is 4.66. The summed E-state index contributed by atoms with van der Waals surface area (Å²) in [5.41, 5.74) is 7.64. The van der Waals surface area contributed by atoms with Crippen LogP contribution in [0.2, 0.25) is 0 Å². The highest BCUT2D eigenvalue weighted by Crippen LogP contribution is 2.32. The molecule has 94 valence electrons. The van der Waals surface area contributed by atoms with Gasteiger partial charge in [0.1, 0.15) is 5.75 Å². The van der Waals surface area contributed by atoms with Gasteiger partial charge in [0.15, 0.2) is 0 Å². The maximum atomic E-state index is 5.78. The second kappa shape index (κ2) is 6.25. The van der Waals surface area contributed by atoms with Gasteiger partial charge in [-0.1, -0.05) is 18.2 Å². The Morgan fingerprint density at radius 3 is 2.17 bits per heavy atom. The topological polar surface area (TPSA) is 35.2 Å². The van der Waals surface area contributed by atoms with Crippen LogP contribution in [0.3, 0.4) is 0 Å². The van der Waals surface area contributed by atoms with Crippen molar-refractivity contribution in [1.82, 2.24) is 0 Å². The van der Waals surface area contributed by atoms with Crippen molar-refractivity contribution in [2.24, 2.45) is 0 Å². The number of nitrogen functional groups attached to an aromatic ring is 1. The van der Waals surface area contributed by atoms with Crippen molar-refractivity contribution in [2.45, 2.75) is 6.42 Å². The molecule has 0 atom stereocenters. The highest BCUT2D eigenvalue weighted by Gasteiger charge is 2.05. The zero-order valence-electron chi connectivity index (χ0n) is 9.70. The first-order chi connectivity index (χ1) is 8.66. The number of anilines is 1. The first-order valence-electron chi connectivity index (χ1n) is 5.58. The maximum absolute atomic E-state index is 5.78. The molecule has 2 aromatic carbocycles. The largest absolute Gasteiger partial charge is 0.491 e. The number of para-hydroxylation sites is 1. The number of hydrogen-bond donors (Lipinski definition) is 1. The third-order valence-electron chi connectivity index (χ3n) is 2.54. The fourth-order valence-electron chi connectivity index (χ4n) is 1.58. The molecule has 2 nitrogen and oxygen atoms in total. The average Bonchev–Trinajstić information content (AvgIpc) is 2.35. The van der Waals surface area contributed by atoms with E-state index in [0.717, 1.165) is 26.8 Å². The molecule has 0 heterocycles. The zero-order valence-corrected chi connectivity index (χ0v) is 12.9. The summed E-state index contributed by atoms with van der Waals surface area (Å²) in [6.45, 7) is 0.630. The Hall–Kier alpha value is -1.00. The molecular weight excluding hydrogens is 358 g/mol. The monoisotopic (exact) mass is 369 g/mol. The van der Waals surface area contributed by atoms with E-state index in [2.05, 4.69) is 31.9 Å². The van der Waals surface area contributed by atoms with Crippen LogP contribution in [-0.2, 0) is 6.42 Å². The van der Waals surface area contributed by atoms with Crippen LogP contribution >= 0.6 is 31.9 Å². The lowest BCUT2D eigenvalue weighted by Gasteiger charge is -2.10. The van der Waals surface area contributed by atoms with Crippen LogP contribution in [0.4, 0.5) is 5.69 Å². The summed E-state index contributed by atoms with van der Waals surface area (Å²) in [6.07, 6.45) is 0.855. The van der Waals surface area contributed by atoms with Crippen molar-refractivity contribution in [2.75, 3.05) is 12.3 Å². The molecule has 4 heteroatoms.